The van der Waals surface area contributed by atoms with Crippen LogP contribution >= 0.6 is 15.9 Å². The molecule has 1 aliphatic carbocycles. The molecule has 126 valence electrons. The van der Waals surface area contributed by atoms with E-state index in [0.717, 1.165) is 32.8 Å². The first kappa shape index (κ1) is 16.0. The molecule has 1 fully saturated rings. The molecule has 6 heteroatoms. The summed E-state index contributed by atoms with van der Waals surface area (Å²) in [6.45, 7) is 2.07. The molecule has 0 aliphatic heterocycles. The first-order valence-electron chi connectivity index (χ1n) is 8.26. The zero-order chi connectivity index (χ0) is 17.2. The van der Waals surface area contributed by atoms with Gasteiger partial charge in [0.15, 0.2) is 0 Å². The van der Waals surface area contributed by atoms with E-state index in [1.54, 1.807) is 12.4 Å². The molecule has 1 aromatic carbocycles. The maximum absolute atomic E-state index is 4.66. The number of aryl methyl sites for hydroxylation is 1. The zero-order valence-electron chi connectivity index (χ0n) is 13.8. The Morgan fingerprint density at radius 1 is 1.04 bits per heavy atom. The molecular weight excluding hydrogens is 378 g/mol. The van der Waals surface area contributed by atoms with Crippen LogP contribution in [0.5, 0.6) is 0 Å². The van der Waals surface area contributed by atoms with Gasteiger partial charge >= 0.3 is 0 Å². The van der Waals surface area contributed by atoms with Gasteiger partial charge in [0, 0.05) is 40.2 Å². The largest absolute Gasteiger partial charge is 0.351 e. The van der Waals surface area contributed by atoms with Crippen molar-refractivity contribution in [1.82, 2.24) is 15.0 Å². The van der Waals surface area contributed by atoms with Gasteiger partial charge in [-0.2, -0.15) is 4.98 Å². The molecule has 0 unspecified atom stereocenters. The lowest BCUT2D eigenvalue weighted by atomic mass is 10.2. The number of rotatable bonds is 5. The van der Waals surface area contributed by atoms with Crippen molar-refractivity contribution in [3.05, 3.63) is 58.8 Å². The van der Waals surface area contributed by atoms with Gasteiger partial charge < -0.3 is 10.6 Å². The number of nitrogens with one attached hydrogen (secondary N) is 2. The van der Waals surface area contributed by atoms with Crippen LogP contribution in [0.2, 0.25) is 0 Å². The summed E-state index contributed by atoms with van der Waals surface area (Å²) in [7, 11) is 0. The summed E-state index contributed by atoms with van der Waals surface area (Å²) in [5.74, 6) is 1.43. The van der Waals surface area contributed by atoms with Crippen LogP contribution in [0.1, 0.15) is 18.4 Å². The molecule has 0 amide bonds. The van der Waals surface area contributed by atoms with Gasteiger partial charge in [-0.3, -0.25) is 4.98 Å². The lowest BCUT2D eigenvalue weighted by Gasteiger charge is -2.13. The van der Waals surface area contributed by atoms with Crippen LogP contribution in [0, 0.1) is 6.92 Å². The van der Waals surface area contributed by atoms with Gasteiger partial charge in [0.05, 0.1) is 5.69 Å². The predicted octanol–water partition coefficient (Wildman–Crippen LogP) is 4.93. The Morgan fingerprint density at radius 3 is 2.56 bits per heavy atom. The summed E-state index contributed by atoms with van der Waals surface area (Å²) in [4.78, 5) is 13.4. The average Bonchev–Trinajstić information content (AvgIpc) is 3.42. The van der Waals surface area contributed by atoms with Crippen LogP contribution in [-0.2, 0) is 0 Å². The second-order valence-corrected chi connectivity index (χ2v) is 7.12. The van der Waals surface area contributed by atoms with Crippen LogP contribution in [0.15, 0.2) is 53.3 Å². The van der Waals surface area contributed by atoms with E-state index in [2.05, 4.69) is 54.5 Å². The lowest BCUT2D eigenvalue weighted by molar-refractivity contribution is 1.06. The van der Waals surface area contributed by atoms with Gasteiger partial charge in [-0.05, 0) is 55.7 Å². The zero-order valence-corrected chi connectivity index (χ0v) is 15.4. The molecule has 2 heterocycles. The Balaban J connectivity index is 1.70. The summed E-state index contributed by atoms with van der Waals surface area (Å²) < 4.78 is 1.06. The molecule has 0 bridgehead atoms. The van der Waals surface area contributed by atoms with Crippen molar-refractivity contribution >= 4 is 33.4 Å². The number of nitrogens with zero attached hydrogens (tertiary/aromatic N) is 3. The Kier molecular flexibility index (Phi) is 4.36. The Bertz CT molecular complexity index is 894. The number of benzene rings is 1. The second kappa shape index (κ2) is 6.80. The summed E-state index contributed by atoms with van der Waals surface area (Å²) in [5, 5.41) is 6.81. The fourth-order valence-corrected chi connectivity index (χ4v) is 3.04. The molecule has 1 aliphatic rings. The smallest absolute Gasteiger partial charge is 0.225 e. The fraction of sp³-hybridized carbons (Fsp3) is 0.211. The lowest BCUT2D eigenvalue weighted by Crippen LogP contribution is -2.08. The molecule has 2 aromatic heterocycles. The highest BCUT2D eigenvalue weighted by Crippen LogP contribution is 2.28. The summed E-state index contributed by atoms with van der Waals surface area (Å²) in [5.41, 5.74) is 4.07. The highest BCUT2D eigenvalue weighted by atomic mass is 79.9. The summed E-state index contributed by atoms with van der Waals surface area (Å²) in [6, 6.07) is 12.5. The third-order valence-electron chi connectivity index (χ3n) is 4.06. The quantitative estimate of drug-likeness (QED) is 0.641. The minimum atomic E-state index is 0.495. The molecule has 25 heavy (non-hydrogen) atoms. The molecule has 4 rings (SSSR count). The molecular formula is C19H18BrN5. The number of halogens is 1. The third kappa shape index (κ3) is 3.96. The van der Waals surface area contributed by atoms with E-state index >= 15 is 0 Å². The van der Waals surface area contributed by atoms with Crippen molar-refractivity contribution in [1.29, 1.82) is 0 Å². The molecule has 0 atom stereocenters. The Morgan fingerprint density at radius 2 is 1.84 bits per heavy atom. The van der Waals surface area contributed by atoms with Crippen molar-refractivity contribution in [2.24, 2.45) is 0 Å². The fourth-order valence-electron chi connectivity index (χ4n) is 2.56. The van der Waals surface area contributed by atoms with E-state index in [1.165, 1.54) is 12.8 Å². The first-order valence-corrected chi connectivity index (χ1v) is 9.06. The van der Waals surface area contributed by atoms with Crippen LogP contribution in [0.25, 0.3) is 11.3 Å². The van der Waals surface area contributed by atoms with Gasteiger partial charge in [-0.25, -0.2) is 4.98 Å². The maximum atomic E-state index is 4.66. The number of hydrogen-bond donors (Lipinski definition) is 2. The van der Waals surface area contributed by atoms with Crippen molar-refractivity contribution in [2.75, 3.05) is 10.6 Å². The van der Waals surface area contributed by atoms with Gasteiger partial charge in [0.2, 0.25) is 5.95 Å². The average molecular weight is 396 g/mol. The highest BCUT2D eigenvalue weighted by Gasteiger charge is 2.22. The van der Waals surface area contributed by atoms with Crippen LogP contribution in [0.4, 0.5) is 17.5 Å². The SMILES string of the molecule is Cc1cc(Br)ccc1Nc1cc(-c2ccncc2)nc(NC2CC2)n1. The van der Waals surface area contributed by atoms with Gasteiger partial charge in [0.1, 0.15) is 5.82 Å². The van der Waals surface area contributed by atoms with Crippen molar-refractivity contribution in [3.8, 4) is 11.3 Å². The molecule has 3 aromatic rings. The standard InChI is InChI=1S/C19H18BrN5/c1-12-10-14(20)2-5-16(12)23-18-11-17(13-6-8-21-9-7-13)24-19(25-18)22-15-3-4-15/h2,5-11,15H,3-4H2,1H3,(H2,22,23,24,25). The Hall–Kier alpha value is -2.47. The van der Waals surface area contributed by atoms with Crippen molar-refractivity contribution in [2.45, 2.75) is 25.8 Å². The van der Waals surface area contributed by atoms with E-state index in [1.807, 2.05) is 30.3 Å². The van der Waals surface area contributed by atoms with Crippen molar-refractivity contribution in [3.63, 3.8) is 0 Å². The van der Waals surface area contributed by atoms with Crippen LogP contribution in [-0.4, -0.2) is 21.0 Å². The van der Waals surface area contributed by atoms with E-state index < -0.39 is 0 Å². The third-order valence-corrected chi connectivity index (χ3v) is 4.56. The topological polar surface area (TPSA) is 62.7 Å². The van der Waals surface area contributed by atoms with E-state index in [0.29, 0.717) is 12.0 Å². The minimum Gasteiger partial charge on any atom is -0.351 e. The predicted molar refractivity (Wildman–Crippen MR) is 104 cm³/mol. The van der Waals surface area contributed by atoms with Crippen LogP contribution < -0.4 is 10.6 Å². The normalized spacial score (nSPS) is 13.5. The van der Waals surface area contributed by atoms with E-state index in [9.17, 15) is 0 Å². The Labute approximate surface area is 155 Å². The van der Waals surface area contributed by atoms with Crippen molar-refractivity contribution < 1.29 is 0 Å². The van der Waals surface area contributed by atoms with Crippen LogP contribution in [0.3, 0.4) is 0 Å². The summed E-state index contributed by atoms with van der Waals surface area (Å²) >= 11 is 3.50. The minimum absolute atomic E-state index is 0.495. The molecule has 0 saturated heterocycles. The van der Waals surface area contributed by atoms with E-state index in [-0.39, 0.29) is 0 Å². The summed E-state index contributed by atoms with van der Waals surface area (Å²) in [6.07, 6.45) is 5.91. The monoisotopic (exact) mass is 395 g/mol. The second-order valence-electron chi connectivity index (χ2n) is 6.20. The molecule has 5 nitrogen and oxygen atoms in total. The molecule has 0 radical (unpaired) electrons. The number of pyridine rings is 1. The first-order chi connectivity index (χ1) is 12.2. The maximum Gasteiger partial charge on any atom is 0.225 e. The van der Waals surface area contributed by atoms with Gasteiger partial charge in [-0.15, -0.1) is 0 Å². The number of aromatic nitrogens is 3. The highest BCUT2D eigenvalue weighted by molar-refractivity contribution is 9.10. The van der Waals surface area contributed by atoms with Gasteiger partial charge in [-0.1, -0.05) is 15.9 Å². The number of hydrogen-bond acceptors (Lipinski definition) is 5. The van der Waals surface area contributed by atoms with Gasteiger partial charge in [0.25, 0.3) is 0 Å². The number of anilines is 3. The molecule has 2 N–H and O–H groups in total. The molecule has 1 saturated carbocycles. The van der Waals surface area contributed by atoms with E-state index in [4.69, 9.17) is 0 Å². The molecule has 0 spiro atoms.